The van der Waals surface area contributed by atoms with Gasteiger partial charge in [0, 0.05) is 5.75 Å². The number of nitrogen functional groups attached to an aromatic ring is 1. The fourth-order valence-electron chi connectivity index (χ4n) is 2.13. The van der Waals surface area contributed by atoms with Crippen LogP contribution in [0.2, 0.25) is 0 Å². The Kier molecular flexibility index (Phi) is 5.00. The third kappa shape index (κ3) is 4.05. The Morgan fingerprint density at radius 2 is 1.96 bits per heavy atom. The highest BCUT2D eigenvalue weighted by Crippen LogP contribution is 2.21. The summed E-state index contributed by atoms with van der Waals surface area (Å²) in [7, 11) is 0. The summed E-state index contributed by atoms with van der Waals surface area (Å²) in [6.45, 7) is 2.23. The zero-order chi connectivity index (χ0) is 16.9. The molecule has 24 heavy (non-hydrogen) atoms. The van der Waals surface area contributed by atoms with Crippen LogP contribution in [0.1, 0.15) is 17.0 Å². The molecule has 2 aromatic carbocycles. The van der Waals surface area contributed by atoms with Crippen molar-refractivity contribution < 1.29 is 9.13 Å². The number of hydrogen-bond acceptors (Lipinski definition) is 5. The fourth-order valence-corrected chi connectivity index (χ4v) is 2.95. The average Bonchev–Trinajstić information content (AvgIpc) is 2.93. The lowest BCUT2D eigenvalue weighted by Crippen LogP contribution is -2.15. The molecular formula is C17H17FN4OS. The van der Waals surface area contributed by atoms with E-state index in [0.29, 0.717) is 16.7 Å². The molecule has 0 atom stereocenters. The van der Waals surface area contributed by atoms with Gasteiger partial charge < -0.3 is 10.6 Å². The second-order valence-electron chi connectivity index (χ2n) is 5.29. The molecule has 0 saturated heterocycles. The first-order valence-electron chi connectivity index (χ1n) is 7.38. The van der Waals surface area contributed by atoms with Crippen molar-refractivity contribution in [2.45, 2.75) is 24.4 Å². The molecule has 1 aromatic heterocycles. The van der Waals surface area contributed by atoms with E-state index in [0.717, 1.165) is 5.75 Å². The van der Waals surface area contributed by atoms with Gasteiger partial charge in [0.2, 0.25) is 5.16 Å². The van der Waals surface area contributed by atoms with Crippen molar-refractivity contribution in [2.75, 3.05) is 5.84 Å². The van der Waals surface area contributed by atoms with Crippen molar-refractivity contribution in [3.05, 3.63) is 71.3 Å². The highest BCUT2D eigenvalue weighted by Gasteiger charge is 2.11. The second kappa shape index (κ2) is 7.35. The predicted octanol–water partition coefficient (Wildman–Crippen LogP) is 3.31. The zero-order valence-electron chi connectivity index (χ0n) is 13.1. The highest BCUT2D eigenvalue weighted by molar-refractivity contribution is 7.98. The first-order valence-corrected chi connectivity index (χ1v) is 8.36. The SMILES string of the molecule is Cc1cccc(CSc2nnc(COc3ccc(F)cc3)n2N)c1. The van der Waals surface area contributed by atoms with Crippen LogP contribution in [0.5, 0.6) is 5.75 Å². The Labute approximate surface area is 143 Å². The number of thioether (sulfide) groups is 1. The van der Waals surface area contributed by atoms with Crippen molar-refractivity contribution in [1.29, 1.82) is 0 Å². The lowest BCUT2D eigenvalue weighted by Gasteiger charge is -2.06. The van der Waals surface area contributed by atoms with Crippen LogP contribution >= 0.6 is 11.8 Å². The fraction of sp³-hybridized carbons (Fsp3) is 0.176. The molecule has 0 spiro atoms. The minimum atomic E-state index is -0.306. The molecule has 0 bridgehead atoms. The highest BCUT2D eigenvalue weighted by atomic mass is 32.2. The molecule has 7 heteroatoms. The third-order valence-electron chi connectivity index (χ3n) is 3.37. The number of halogens is 1. The van der Waals surface area contributed by atoms with Gasteiger partial charge in [-0.25, -0.2) is 9.07 Å². The van der Waals surface area contributed by atoms with Crippen LogP contribution < -0.4 is 10.6 Å². The monoisotopic (exact) mass is 344 g/mol. The minimum absolute atomic E-state index is 0.167. The van der Waals surface area contributed by atoms with E-state index in [9.17, 15) is 4.39 Å². The van der Waals surface area contributed by atoms with E-state index in [2.05, 4.69) is 35.3 Å². The Balaban J connectivity index is 1.60. The number of ether oxygens (including phenoxy) is 1. The number of aryl methyl sites for hydroxylation is 1. The van der Waals surface area contributed by atoms with E-state index in [1.165, 1.54) is 39.7 Å². The summed E-state index contributed by atoms with van der Waals surface area (Å²) in [4.78, 5) is 0. The number of aromatic nitrogens is 3. The molecule has 0 fully saturated rings. The standard InChI is InChI=1S/C17H17FN4OS/c1-12-3-2-4-13(9-12)11-24-17-21-20-16(22(17)19)10-23-15-7-5-14(18)6-8-15/h2-9H,10-11,19H2,1H3. The van der Waals surface area contributed by atoms with Gasteiger partial charge in [-0.1, -0.05) is 41.6 Å². The summed E-state index contributed by atoms with van der Waals surface area (Å²) in [5.41, 5.74) is 2.42. The van der Waals surface area contributed by atoms with Crippen LogP contribution in [0.4, 0.5) is 4.39 Å². The van der Waals surface area contributed by atoms with E-state index in [1.807, 2.05) is 6.07 Å². The Bertz CT molecular complexity index is 820. The van der Waals surface area contributed by atoms with Gasteiger partial charge in [-0.15, -0.1) is 10.2 Å². The average molecular weight is 344 g/mol. The van der Waals surface area contributed by atoms with E-state index in [1.54, 1.807) is 12.1 Å². The summed E-state index contributed by atoms with van der Waals surface area (Å²) in [6, 6.07) is 14.1. The predicted molar refractivity (Wildman–Crippen MR) is 91.6 cm³/mol. The Hall–Kier alpha value is -2.54. The molecule has 0 aliphatic carbocycles. The third-order valence-corrected chi connectivity index (χ3v) is 4.38. The molecule has 0 aliphatic heterocycles. The normalized spacial score (nSPS) is 10.8. The molecule has 0 radical (unpaired) electrons. The molecule has 1 heterocycles. The zero-order valence-corrected chi connectivity index (χ0v) is 14.0. The van der Waals surface area contributed by atoms with E-state index >= 15 is 0 Å². The molecule has 0 aliphatic rings. The summed E-state index contributed by atoms with van der Waals surface area (Å²) < 4.78 is 19.8. The van der Waals surface area contributed by atoms with Crippen molar-refractivity contribution >= 4 is 11.8 Å². The maximum atomic E-state index is 12.9. The van der Waals surface area contributed by atoms with Gasteiger partial charge >= 0.3 is 0 Å². The molecular weight excluding hydrogens is 327 g/mol. The topological polar surface area (TPSA) is 66.0 Å². The molecule has 0 amide bonds. The molecule has 124 valence electrons. The van der Waals surface area contributed by atoms with E-state index in [-0.39, 0.29) is 12.4 Å². The number of benzene rings is 2. The van der Waals surface area contributed by atoms with Gasteiger partial charge in [0.25, 0.3) is 0 Å². The van der Waals surface area contributed by atoms with Gasteiger partial charge in [0.05, 0.1) is 0 Å². The first-order chi connectivity index (χ1) is 11.6. The second-order valence-corrected chi connectivity index (χ2v) is 6.23. The largest absolute Gasteiger partial charge is 0.486 e. The minimum Gasteiger partial charge on any atom is -0.486 e. The maximum Gasteiger partial charge on any atom is 0.210 e. The van der Waals surface area contributed by atoms with E-state index < -0.39 is 0 Å². The van der Waals surface area contributed by atoms with E-state index in [4.69, 9.17) is 10.6 Å². The van der Waals surface area contributed by atoms with Crippen LogP contribution in [0.25, 0.3) is 0 Å². The maximum absolute atomic E-state index is 12.9. The summed E-state index contributed by atoms with van der Waals surface area (Å²) in [5, 5.41) is 8.76. The van der Waals surface area contributed by atoms with Crippen LogP contribution in [0.15, 0.2) is 53.7 Å². The Morgan fingerprint density at radius 1 is 1.17 bits per heavy atom. The van der Waals surface area contributed by atoms with Crippen LogP contribution in [-0.4, -0.2) is 14.9 Å². The van der Waals surface area contributed by atoms with Gasteiger partial charge in [-0.3, -0.25) is 0 Å². The van der Waals surface area contributed by atoms with Gasteiger partial charge in [-0.05, 0) is 36.8 Å². The molecule has 5 nitrogen and oxygen atoms in total. The molecule has 3 rings (SSSR count). The first kappa shape index (κ1) is 16.3. The molecule has 0 unspecified atom stereocenters. The number of rotatable bonds is 6. The van der Waals surface area contributed by atoms with Crippen LogP contribution in [-0.2, 0) is 12.4 Å². The molecule has 2 N–H and O–H groups in total. The summed E-state index contributed by atoms with van der Waals surface area (Å²) >= 11 is 1.51. The number of nitrogens with two attached hydrogens (primary N) is 1. The van der Waals surface area contributed by atoms with Crippen LogP contribution in [0, 0.1) is 12.7 Å². The van der Waals surface area contributed by atoms with Gasteiger partial charge in [-0.2, -0.15) is 0 Å². The molecule has 3 aromatic rings. The summed E-state index contributed by atoms with van der Waals surface area (Å²) in [5.74, 6) is 7.52. The lowest BCUT2D eigenvalue weighted by atomic mass is 10.2. The Morgan fingerprint density at radius 3 is 2.71 bits per heavy atom. The van der Waals surface area contributed by atoms with Crippen molar-refractivity contribution in [1.82, 2.24) is 14.9 Å². The van der Waals surface area contributed by atoms with Crippen molar-refractivity contribution in [2.24, 2.45) is 0 Å². The van der Waals surface area contributed by atoms with Crippen molar-refractivity contribution in [3.63, 3.8) is 0 Å². The molecule has 0 saturated carbocycles. The summed E-state index contributed by atoms with van der Waals surface area (Å²) in [6.07, 6.45) is 0. The quantitative estimate of drug-likeness (QED) is 0.549. The smallest absolute Gasteiger partial charge is 0.210 e. The van der Waals surface area contributed by atoms with Crippen molar-refractivity contribution in [3.8, 4) is 5.75 Å². The lowest BCUT2D eigenvalue weighted by molar-refractivity contribution is 0.291. The number of nitrogens with zero attached hydrogens (tertiary/aromatic N) is 3. The van der Waals surface area contributed by atoms with Gasteiger partial charge in [0.1, 0.15) is 18.2 Å². The van der Waals surface area contributed by atoms with Gasteiger partial charge in [0.15, 0.2) is 5.82 Å². The van der Waals surface area contributed by atoms with Crippen LogP contribution in [0.3, 0.4) is 0 Å². The number of hydrogen-bond donors (Lipinski definition) is 1.